The molecule has 0 unspecified atom stereocenters. The Kier molecular flexibility index (Phi) is 5.32. The summed E-state index contributed by atoms with van der Waals surface area (Å²) in [6, 6.07) is 15.5. The van der Waals surface area contributed by atoms with E-state index in [1.807, 2.05) is 12.1 Å². The molecule has 0 amide bonds. The number of nitro groups is 1. The highest BCUT2D eigenvalue weighted by Gasteiger charge is 2.13. The van der Waals surface area contributed by atoms with Gasteiger partial charge in [0.15, 0.2) is 5.75 Å². The van der Waals surface area contributed by atoms with E-state index in [1.54, 1.807) is 30.3 Å². The zero-order valence-electron chi connectivity index (χ0n) is 11.8. The first-order valence-corrected chi connectivity index (χ1v) is 6.65. The van der Waals surface area contributed by atoms with E-state index in [9.17, 15) is 10.1 Å². The Morgan fingerprint density at radius 3 is 2.41 bits per heavy atom. The Hall–Kier alpha value is -3.07. The van der Waals surface area contributed by atoms with Crippen LogP contribution in [0.3, 0.4) is 0 Å². The third-order valence-corrected chi connectivity index (χ3v) is 2.88. The molecule has 0 aliphatic rings. The Balaban J connectivity index is 1.82. The molecule has 22 heavy (non-hydrogen) atoms. The van der Waals surface area contributed by atoms with Crippen molar-refractivity contribution in [3.05, 3.63) is 64.2 Å². The van der Waals surface area contributed by atoms with Crippen molar-refractivity contribution in [2.75, 3.05) is 13.2 Å². The highest BCUT2D eigenvalue weighted by Crippen LogP contribution is 2.25. The molecule has 2 aromatic rings. The number of nitrogens with zero attached hydrogens (tertiary/aromatic N) is 2. The number of ether oxygens (including phenoxy) is 2. The average molecular weight is 298 g/mol. The van der Waals surface area contributed by atoms with Crippen LogP contribution in [0.2, 0.25) is 0 Å². The molecule has 112 valence electrons. The first kappa shape index (κ1) is 15.3. The van der Waals surface area contributed by atoms with E-state index in [0.29, 0.717) is 12.2 Å². The summed E-state index contributed by atoms with van der Waals surface area (Å²) < 4.78 is 10.9. The number of hydrogen-bond donors (Lipinski definition) is 0. The van der Waals surface area contributed by atoms with Crippen LogP contribution in [0.5, 0.6) is 11.5 Å². The lowest BCUT2D eigenvalue weighted by Gasteiger charge is -2.08. The quantitative estimate of drug-likeness (QED) is 0.445. The Bertz CT molecular complexity index is 677. The standard InChI is InChI=1S/C16H14N2O4/c17-10-9-13-5-7-14(8-6-13)21-11-12-22-16-4-2-1-3-15(16)18(19)20/h1-8H,9,11-12H2. The molecular weight excluding hydrogens is 284 g/mol. The van der Waals surface area contributed by atoms with Crippen LogP contribution in [0.4, 0.5) is 5.69 Å². The van der Waals surface area contributed by atoms with E-state index in [4.69, 9.17) is 14.7 Å². The van der Waals surface area contributed by atoms with Gasteiger partial charge < -0.3 is 9.47 Å². The van der Waals surface area contributed by atoms with Crippen LogP contribution in [-0.4, -0.2) is 18.1 Å². The molecule has 0 fully saturated rings. The van der Waals surface area contributed by atoms with Crippen molar-refractivity contribution >= 4 is 5.69 Å². The summed E-state index contributed by atoms with van der Waals surface area (Å²) >= 11 is 0. The fourth-order valence-electron chi connectivity index (χ4n) is 1.84. The molecule has 2 rings (SSSR count). The molecule has 0 aromatic heterocycles. The van der Waals surface area contributed by atoms with Gasteiger partial charge in [0.05, 0.1) is 17.4 Å². The smallest absolute Gasteiger partial charge is 0.310 e. The van der Waals surface area contributed by atoms with Crippen molar-refractivity contribution in [2.24, 2.45) is 0 Å². The van der Waals surface area contributed by atoms with E-state index in [1.165, 1.54) is 6.07 Å². The first-order valence-electron chi connectivity index (χ1n) is 6.65. The maximum atomic E-state index is 10.8. The Morgan fingerprint density at radius 2 is 1.73 bits per heavy atom. The molecule has 6 nitrogen and oxygen atoms in total. The van der Waals surface area contributed by atoms with E-state index in [2.05, 4.69) is 6.07 Å². The van der Waals surface area contributed by atoms with Gasteiger partial charge in [-0.2, -0.15) is 5.26 Å². The fraction of sp³-hybridized carbons (Fsp3) is 0.188. The number of nitro benzene ring substituents is 1. The predicted octanol–water partition coefficient (Wildman–Crippen LogP) is 3.12. The molecule has 0 spiro atoms. The Labute approximate surface area is 127 Å². The molecule has 0 aliphatic carbocycles. The van der Waals surface area contributed by atoms with Crippen molar-refractivity contribution in [1.29, 1.82) is 5.26 Å². The molecular formula is C16H14N2O4. The maximum Gasteiger partial charge on any atom is 0.310 e. The minimum atomic E-state index is -0.482. The number of para-hydroxylation sites is 2. The second-order valence-corrected chi connectivity index (χ2v) is 4.40. The van der Waals surface area contributed by atoms with E-state index in [0.717, 1.165) is 5.56 Å². The molecule has 0 radical (unpaired) electrons. The normalized spacial score (nSPS) is 9.77. The van der Waals surface area contributed by atoms with Gasteiger partial charge in [-0.3, -0.25) is 10.1 Å². The summed E-state index contributed by atoms with van der Waals surface area (Å²) in [4.78, 5) is 10.4. The molecule has 2 aromatic carbocycles. The molecule has 0 bridgehead atoms. The monoisotopic (exact) mass is 298 g/mol. The summed E-state index contributed by atoms with van der Waals surface area (Å²) in [5.74, 6) is 0.883. The van der Waals surface area contributed by atoms with Gasteiger partial charge in [0, 0.05) is 6.07 Å². The molecule has 0 saturated heterocycles. The predicted molar refractivity (Wildman–Crippen MR) is 79.8 cm³/mol. The lowest BCUT2D eigenvalue weighted by atomic mass is 10.2. The third-order valence-electron chi connectivity index (χ3n) is 2.88. The van der Waals surface area contributed by atoms with E-state index >= 15 is 0 Å². The van der Waals surface area contributed by atoms with Gasteiger partial charge in [0.25, 0.3) is 0 Å². The molecule has 0 saturated carbocycles. The highest BCUT2D eigenvalue weighted by atomic mass is 16.6. The molecule has 0 atom stereocenters. The first-order chi connectivity index (χ1) is 10.7. The zero-order valence-corrected chi connectivity index (χ0v) is 11.8. The topological polar surface area (TPSA) is 85.4 Å². The second-order valence-electron chi connectivity index (χ2n) is 4.40. The van der Waals surface area contributed by atoms with Gasteiger partial charge >= 0.3 is 5.69 Å². The fourth-order valence-corrected chi connectivity index (χ4v) is 1.84. The molecule has 6 heteroatoms. The van der Waals surface area contributed by atoms with Crippen molar-refractivity contribution in [2.45, 2.75) is 6.42 Å². The Morgan fingerprint density at radius 1 is 1.05 bits per heavy atom. The lowest BCUT2D eigenvalue weighted by molar-refractivity contribution is -0.385. The van der Waals surface area contributed by atoms with Crippen LogP contribution < -0.4 is 9.47 Å². The summed E-state index contributed by atoms with van der Waals surface area (Å²) in [5, 5.41) is 19.4. The zero-order chi connectivity index (χ0) is 15.8. The van der Waals surface area contributed by atoms with Crippen LogP contribution in [0, 0.1) is 21.4 Å². The van der Waals surface area contributed by atoms with Crippen LogP contribution in [0.1, 0.15) is 5.56 Å². The second kappa shape index (κ2) is 7.64. The van der Waals surface area contributed by atoms with Crippen molar-refractivity contribution < 1.29 is 14.4 Å². The number of hydrogen-bond acceptors (Lipinski definition) is 5. The maximum absolute atomic E-state index is 10.8. The third kappa shape index (κ3) is 4.21. The largest absolute Gasteiger partial charge is 0.490 e. The van der Waals surface area contributed by atoms with Crippen molar-refractivity contribution in [3.63, 3.8) is 0 Å². The summed E-state index contributed by atoms with van der Waals surface area (Å²) in [5.41, 5.74) is 0.856. The SMILES string of the molecule is N#CCc1ccc(OCCOc2ccccc2[N+](=O)[O-])cc1. The van der Waals surface area contributed by atoms with Crippen LogP contribution in [0.15, 0.2) is 48.5 Å². The summed E-state index contributed by atoms with van der Waals surface area (Å²) in [6.45, 7) is 0.467. The van der Waals surface area contributed by atoms with Gasteiger partial charge in [-0.25, -0.2) is 0 Å². The molecule has 0 N–H and O–H groups in total. The summed E-state index contributed by atoms with van der Waals surface area (Å²) in [7, 11) is 0. The van der Waals surface area contributed by atoms with Gasteiger partial charge in [0.2, 0.25) is 0 Å². The van der Waals surface area contributed by atoms with Gasteiger partial charge in [-0.15, -0.1) is 0 Å². The highest BCUT2D eigenvalue weighted by molar-refractivity contribution is 5.45. The van der Waals surface area contributed by atoms with Crippen molar-refractivity contribution in [1.82, 2.24) is 0 Å². The lowest BCUT2D eigenvalue weighted by Crippen LogP contribution is -2.09. The van der Waals surface area contributed by atoms with Gasteiger partial charge in [-0.05, 0) is 23.8 Å². The molecule has 0 heterocycles. The minimum absolute atomic E-state index is 0.0663. The number of nitriles is 1. The minimum Gasteiger partial charge on any atom is -0.490 e. The average Bonchev–Trinajstić information content (AvgIpc) is 2.53. The van der Waals surface area contributed by atoms with Crippen LogP contribution in [-0.2, 0) is 6.42 Å². The van der Waals surface area contributed by atoms with E-state index < -0.39 is 4.92 Å². The van der Waals surface area contributed by atoms with E-state index in [-0.39, 0.29) is 24.7 Å². The van der Waals surface area contributed by atoms with Gasteiger partial charge in [0.1, 0.15) is 19.0 Å². The van der Waals surface area contributed by atoms with Crippen LogP contribution >= 0.6 is 0 Å². The van der Waals surface area contributed by atoms with Crippen molar-refractivity contribution in [3.8, 4) is 17.6 Å². The van der Waals surface area contributed by atoms with Gasteiger partial charge in [-0.1, -0.05) is 24.3 Å². The van der Waals surface area contributed by atoms with Crippen LogP contribution in [0.25, 0.3) is 0 Å². The number of rotatable bonds is 7. The number of benzene rings is 2. The molecule has 0 aliphatic heterocycles. The summed E-state index contributed by atoms with van der Waals surface area (Å²) in [6.07, 6.45) is 0.362.